The molecular weight excluding hydrogens is 314 g/mol. The number of rotatable bonds is 3. The first-order valence-electron chi connectivity index (χ1n) is 8.08. The molecule has 0 aliphatic heterocycles. The van der Waals surface area contributed by atoms with Gasteiger partial charge in [0, 0.05) is 27.9 Å². The van der Waals surface area contributed by atoms with Gasteiger partial charge in [0.2, 0.25) is 0 Å². The molecule has 0 saturated carbocycles. The maximum absolute atomic E-state index is 5.52. The molecule has 25 heavy (non-hydrogen) atoms. The fourth-order valence-corrected chi connectivity index (χ4v) is 3.50. The van der Waals surface area contributed by atoms with Crippen molar-refractivity contribution in [2.45, 2.75) is 6.92 Å². The summed E-state index contributed by atoms with van der Waals surface area (Å²) in [5, 5.41) is 5.50. The van der Waals surface area contributed by atoms with Crippen molar-refractivity contribution in [2.24, 2.45) is 0 Å². The highest BCUT2D eigenvalue weighted by Gasteiger charge is 2.15. The Kier molecular flexibility index (Phi) is 3.61. The van der Waals surface area contributed by atoms with Crippen LogP contribution in [-0.2, 0) is 0 Å². The van der Waals surface area contributed by atoms with E-state index in [1.165, 1.54) is 0 Å². The molecule has 4 nitrogen and oxygen atoms in total. The maximum atomic E-state index is 5.52. The second kappa shape index (κ2) is 5.81. The van der Waals surface area contributed by atoms with Gasteiger partial charge in [-0.15, -0.1) is 0 Å². The third-order valence-corrected chi connectivity index (χ3v) is 4.77. The second-order valence-electron chi connectivity index (χ2n) is 6.01. The van der Waals surface area contributed by atoms with E-state index < -0.39 is 0 Å². The van der Waals surface area contributed by atoms with Crippen LogP contribution in [0, 0.1) is 6.92 Å². The average molecular weight is 333 g/mol. The standard InChI is InChI=1S/C21H19NO3/c1-12-15-7-8-17-16-6-5-14(23-2)9-13(16)11-22-20(17)18(15)10-19(24-3)21(12)25-4/h5-11H,1-4H3. The third-order valence-electron chi connectivity index (χ3n) is 4.77. The van der Waals surface area contributed by atoms with Gasteiger partial charge >= 0.3 is 0 Å². The van der Waals surface area contributed by atoms with Gasteiger partial charge in [0.1, 0.15) is 5.75 Å². The van der Waals surface area contributed by atoms with E-state index in [4.69, 9.17) is 19.2 Å². The normalized spacial score (nSPS) is 11.2. The van der Waals surface area contributed by atoms with E-state index in [0.717, 1.165) is 55.3 Å². The van der Waals surface area contributed by atoms with Crippen molar-refractivity contribution in [3.63, 3.8) is 0 Å². The Balaban J connectivity index is 2.13. The zero-order chi connectivity index (χ0) is 17.6. The molecule has 4 aromatic rings. The van der Waals surface area contributed by atoms with Gasteiger partial charge in [-0.1, -0.05) is 12.1 Å². The molecule has 0 N–H and O–H groups in total. The van der Waals surface area contributed by atoms with E-state index in [-0.39, 0.29) is 0 Å². The maximum Gasteiger partial charge on any atom is 0.164 e. The minimum atomic E-state index is 0.719. The molecular formula is C21H19NO3. The molecule has 4 heteroatoms. The highest BCUT2D eigenvalue weighted by Crippen LogP contribution is 2.40. The van der Waals surface area contributed by atoms with Gasteiger partial charge in [0.15, 0.2) is 11.5 Å². The summed E-state index contributed by atoms with van der Waals surface area (Å²) in [7, 11) is 4.99. The fraction of sp³-hybridized carbons (Fsp3) is 0.190. The Bertz CT molecular complexity index is 1120. The molecule has 0 atom stereocenters. The molecule has 0 aliphatic carbocycles. The van der Waals surface area contributed by atoms with Gasteiger partial charge in [-0.2, -0.15) is 0 Å². The quantitative estimate of drug-likeness (QED) is 0.501. The number of hydrogen-bond donors (Lipinski definition) is 0. The van der Waals surface area contributed by atoms with Crippen molar-refractivity contribution in [2.75, 3.05) is 21.3 Å². The molecule has 3 aromatic carbocycles. The minimum absolute atomic E-state index is 0.719. The minimum Gasteiger partial charge on any atom is -0.497 e. The summed E-state index contributed by atoms with van der Waals surface area (Å²) in [6.45, 7) is 2.04. The number of methoxy groups -OCH3 is 3. The van der Waals surface area contributed by atoms with Gasteiger partial charge in [0.25, 0.3) is 0 Å². The average Bonchev–Trinajstić information content (AvgIpc) is 2.66. The van der Waals surface area contributed by atoms with Crippen LogP contribution in [0.25, 0.3) is 32.4 Å². The summed E-state index contributed by atoms with van der Waals surface area (Å²) >= 11 is 0. The number of aryl methyl sites for hydroxylation is 1. The Morgan fingerprint density at radius 2 is 1.52 bits per heavy atom. The monoisotopic (exact) mass is 333 g/mol. The number of benzene rings is 3. The topological polar surface area (TPSA) is 40.6 Å². The summed E-state index contributed by atoms with van der Waals surface area (Å²) in [6.07, 6.45) is 1.89. The van der Waals surface area contributed by atoms with Crippen LogP contribution in [0.2, 0.25) is 0 Å². The van der Waals surface area contributed by atoms with E-state index in [0.29, 0.717) is 0 Å². The highest BCUT2D eigenvalue weighted by molar-refractivity contribution is 6.16. The first kappa shape index (κ1) is 15.5. The Labute approximate surface area is 145 Å². The number of ether oxygens (including phenoxy) is 3. The molecule has 0 saturated heterocycles. The number of hydrogen-bond acceptors (Lipinski definition) is 4. The van der Waals surface area contributed by atoms with Gasteiger partial charge in [0.05, 0.1) is 26.8 Å². The van der Waals surface area contributed by atoms with Gasteiger partial charge < -0.3 is 14.2 Å². The molecule has 126 valence electrons. The number of pyridine rings is 1. The van der Waals surface area contributed by atoms with Crippen molar-refractivity contribution < 1.29 is 14.2 Å². The predicted molar refractivity (Wildman–Crippen MR) is 101 cm³/mol. The lowest BCUT2D eigenvalue weighted by Crippen LogP contribution is -1.95. The van der Waals surface area contributed by atoms with Crippen molar-refractivity contribution >= 4 is 32.4 Å². The lowest BCUT2D eigenvalue weighted by Gasteiger charge is -2.15. The molecule has 0 amide bonds. The van der Waals surface area contributed by atoms with E-state index in [1.54, 1.807) is 21.3 Å². The number of fused-ring (bicyclic) bond motifs is 5. The van der Waals surface area contributed by atoms with Crippen LogP contribution < -0.4 is 14.2 Å². The zero-order valence-electron chi connectivity index (χ0n) is 14.7. The smallest absolute Gasteiger partial charge is 0.164 e. The first-order valence-corrected chi connectivity index (χ1v) is 8.08. The lowest BCUT2D eigenvalue weighted by molar-refractivity contribution is 0.354. The summed E-state index contributed by atoms with van der Waals surface area (Å²) in [4.78, 5) is 4.73. The molecule has 4 rings (SSSR count). The summed E-state index contributed by atoms with van der Waals surface area (Å²) in [5.41, 5.74) is 2.01. The van der Waals surface area contributed by atoms with Crippen LogP contribution >= 0.6 is 0 Å². The Morgan fingerprint density at radius 3 is 2.24 bits per heavy atom. The molecule has 0 aliphatic rings. The summed E-state index contributed by atoms with van der Waals surface area (Å²) in [6, 6.07) is 12.3. The molecule has 1 heterocycles. The fourth-order valence-electron chi connectivity index (χ4n) is 3.50. The van der Waals surface area contributed by atoms with Gasteiger partial charge in [-0.3, -0.25) is 4.98 Å². The van der Waals surface area contributed by atoms with Crippen molar-refractivity contribution in [3.05, 3.63) is 48.2 Å². The van der Waals surface area contributed by atoms with Crippen LogP contribution in [0.1, 0.15) is 5.56 Å². The first-order chi connectivity index (χ1) is 12.2. The van der Waals surface area contributed by atoms with E-state index in [2.05, 4.69) is 18.2 Å². The van der Waals surface area contributed by atoms with E-state index in [1.807, 2.05) is 31.3 Å². The second-order valence-corrected chi connectivity index (χ2v) is 6.01. The predicted octanol–water partition coefficient (Wildman–Crippen LogP) is 4.88. The van der Waals surface area contributed by atoms with Gasteiger partial charge in [-0.05, 0) is 42.0 Å². The molecule has 0 unspecified atom stereocenters. The van der Waals surface area contributed by atoms with E-state index >= 15 is 0 Å². The highest BCUT2D eigenvalue weighted by atomic mass is 16.5. The van der Waals surface area contributed by atoms with Crippen LogP contribution in [-0.4, -0.2) is 26.3 Å². The largest absolute Gasteiger partial charge is 0.497 e. The number of aromatic nitrogens is 1. The third kappa shape index (κ3) is 2.25. The molecule has 0 spiro atoms. The Morgan fingerprint density at radius 1 is 0.760 bits per heavy atom. The molecule has 0 fully saturated rings. The summed E-state index contributed by atoms with van der Waals surface area (Å²) in [5.74, 6) is 2.31. The van der Waals surface area contributed by atoms with Gasteiger partial charge in [-0.25, -0.2) is 0 Å². The van der Waals surface area contributed by atoms with Crippen LogP contribution in [0.3, 0.4) is 0 Å². The zero-order valence-corrected chi connectivity index (χ0v) is 14.7. The van der Waals surface area contributed by atoms with Crippen LogP contribution in [0.5, 0.6) is 17.2 Å². The van der Waals surface area contributed by atoms with Crippen molar-refractivity contribution in [1.29, 1.82) is 0 Å². The number of nitrogens with zero attached hydrogens (tertiary/aromatic N) is 1. The Hall–Kier alpha value is -3.01. The van der Waals surface area contributed by atoms with Crippen molar-refractivity contribution in [1.82, 2.24) is 4.98 Å². The SMILES string of the molecule is COc1ccc2c(cnc3c4cc(OC)c(OC)c(C)c4ccc23)c1. The van der Waals surface area contributed by atoms with Crippen molar-refractivity contribution in [3.8, 4) is 17.2 Å². The van der Waals surface area contributed by atoms with Crippen LogP contribution in [0.4, 0.5) is 0 Å². The lowest BCUT2D eigenvalue weighted by atomic mass is 9.98. The molecule has 0 bridgehead atoms. The molecule has 0 radical (unpaired) electrons. The van der Waals surface area contributed by atoms with Crippen LogP contribution in [0.15, 0.2) is 42.6 Å². The van der Waals surface area contributed by atoms with E-state index in [9.17, 15) is 0 Å². The molecule has 1 aromatic heterocycles. The summed E-state index contributed by atoms with van der Waals surface area (Å²) < 4.78 is 16.4.